The number of hydrogen-bond donors (Lipinski definition) is 3. The number of carbonyl (C=O) groups is 3. The van der Waals surface area contributed by atoms with Gasteiger partial charge >= 0.3 is 11.8 Å². The molecule has 0 fully saturated rings. The molecule has 0 unspecified atom stereocenters. The molecule has 0 aliphatic rings. The second-order valence-corrected chi connectivity index (χ2v) is 8.37. The standard InChI is InChI=1S/C21H20BrClN4O3/c1-12(2)11-24-20(29)21(30)26-27-17-8-7-14(22)9-13(17)10-18(27)19(28)25-16-6-4-3-5-15(16)23/h3-10,12H,11H2,1-2H3,(H,24,29)(H,25,28)(H,26,30). The highest BCUT2D eigenvalue weighted by Crippen LogP contribution is 2.25. The van der Waals surface area contributed by atoms with Crippen molar-refractivity contribution in [2.45, 2.75) is 13.8 Å². The largest absolute Gasteiger partial charge is 0.348 e. The first-order chi connectivity index (χ1) is 14.3. The highest BCUT2D eigenvalue weighted by Gasteiger charge is 2.21. The van der Waals surface area contributed by atoms with Gasteiger partial charge in [-0.25, -0.2) is 4.68 Å². The van der Waals surface area contributed by atoms with Crippen LogP contribution >= 0.6 is 27.5 Å². The molecule has 0 radical (unpaired) electrons. The van der Waals surface area contributed by atoms with E-state index in [2.05, 4.69) is 32.0 Å². The monoisotopic (exact) mass is 490 g/mol. The fraction of sp³-hybridized carbons (Fsp3) is 0.190. The van der Waals surface area contributed by atoms with Gasteiger partial charge in [-0.15, -0.1) is 0 Å². The second kappa shape index (κ2) is 9.32. The van der Waals surface area contributed by atoms with E-state index in [0.717, 1.165) is 4.47 Å². The first-order valence-corrected chi connectivity index (χ1v) is 10.4. The van der Waals surface area contributed by atoms with Crippen LogP contribution in [0.5, 0.6) is 0 Å². The van der Waals surface area contributed by atoms with Crippen molar-refractivity contribution in [2.75, 3.05) is 17.3 Å². The molecule has 3 rings (SSSR count). The van der Waals surface area contributed by atoms with Crippen LogP contribution in [0.25, 0.3) is 10.9 Å². The SMILES string of the molecule is CC(C)CNC(=O)C(=O)Nn1c(C(=O)Nc2ccccc2Cl)cc2cc(Br)ccc21. The average molecular weight is 492 g/mol. The third kappa shape index (κ3) is 5.01. The average Bonchev–Trinajstić information content (AvgIpc) is 3.05. The molecule has 1 heterocycles. The zero-order valence-electron chi connectivity index (χ0n) is 16.3. The minimum absolute atomic E-state index is 0.146. The molecule has 0 aliphatic heterocycles. The summed E-state index contributed by atoms with van der Waals surface area (Å²) in [5, 5.41) is 6.38. The second-order valence-electron chi connectivity index (χ2n) is 7.05. The molecule has 2 aromatic carbocycles. The quantitative estimate of drug-likeness (QED) is 0.468. The number of para-hydroxylation sites is 1. The Bertz CT molecular complexity index is 1130. The van der Waals surface area contributed by atoms with Crippen LogP contribution in [-0.4, -0.2) is 28.9 Å². The molecular weight excluding hydrogens is 472 g/mol. The van der Waals surface area contributed by atoms with E-state index in [4.69, 9.17) is 11.6 Å². The van der Waals surface area contributed by atoms with Crippen LogP contribution < -0.4 is 16.1 Å². The molecule has 0 atom stereocenters. The molecule has 9 heteroatoms. The van der Waals surface area contributed by atoms with E-state index in [-0.39, 0.29) is 11.6 Å². The van der Waals surface area contributed by atoms with Gasteiger partial charge in [-0.05, 0) is 42.3 Å². The van der Waals surface area contributed by atoms with Crippen molar-refractivity contribution in [3.63, 3.8) is 0 Å². The molecule has 0 bridgehead atoms. The number of hydrogen-bond acceptors (Lipinski definition) is 3. The van der Waals surface area contributed by atoms with E-state index in [1.165, 1.54) is 4.68 Å². The summed E-state index contributed by atoms with van der Waals surface area (Å²) in [6.07, 6.45) is 0. The number of amides is 3. The van der Waals surface area contributed by atoms with Gasteiger partial charge in [0.25, 0.3) is 5.91 Å². The highest BCUT2D eigenvalue weighted by atomic mass is 79.9. The molecule has 0 spiro atoms. The maximum Gasteiger partial charge on any atom is 0.328 e. The summed E-state index contributed by atoms with van der Waals surface area (Å²) in [4.78, 5) is 37.5. The first-order valence-electron chi connectivity index (χ1n) is 9.22. The van der Waals surface area contributed by atoms with E-state index in [9.17, 15) is 14.4 Å². The Morgan fingerprint density at radius 3 is 2.50 bits per heavy atom. The lowest BCUT2D eigenvalue weighted by Gasteiger charge is -2.13. The van der Waals surface area contributed by atoms with Gasteiger partial charge in [-0.3, -0.25) is 19.8 Å². The molecule has 7 nitrogen and oxygen atoms in total. The predicted octanol–water partition coefficient (Wildman–Crippen LogP) is 4.15. The Kier molecular flexibility index (Phi) is 6.79. The summed E-state index contributed by atoms with van der Waals surface area (Å²) in [7, 11) is 0. The highest BCUT2D eigenvalue weighted by molar-refractivity contribution is 9.10. The number of fused-ring (bicyclic) bond motifs is 1. The lowest BCUT2D eigenvalue weighted by Crippen LogP contribution is -2.41. The molecule has 0 saturated carbocycles. The zero-order chi connectivity index (χ0) is 21.8. The maximum atomic E-state index is 13.0. The minimum atomic E-state index is -0.872. The normalized spacial score (nSPS) is 10.8. The van der Waals surface area contributed by atoms with Crippen molar-refractivity contribution in [2.24, 2.45) is 5.92 Å². The van der Waals surface area contributed by atoms with Gasteiger partial charge in [-0.2, -0.15) is 0 Å². The molecule has 3 amide bonds. The summed E-state index contributed by atoms with van der Waals surface area (Å²) in [5.74, 6) is -1.94. The Balaban J connectivity index is 1.94. The number of anilines is 1. The maximum absolute atomic E-state index is 13.0. The third-order valence-corrected chi connectivity index (χ3v) is 5.03. The summed E-state index contributed by atoms with van der Waals surface area (Å²) in [5.41, 5.74) is 3.66. The Hall–Kier alpha value is -2.84. The van der Waals surface area contributed by atoms with Crippen molar-refractivity contribution in [1.82, 2.24) is 9.99 Å². The molecule has 3 N–H and O–H groups in total. The van der Waals surface area contributed by atoms with E-state index in [1.54, 1.807) is 42.5 Å². The Morgan fingerprint density at radius 2 is 1.80 bits per heavy atom. The van der Waals surface area contributed by atoms with Crippen LogP contribution in [0.2, 0.25) is 5.02 Å². The molecule has 30 heavy (non-hydrogen) atoms. The molecular formula is C21H20BrClN4O3. The van der Waals surface area contributed by atoms with Crippen molar-refractivity contribution in [3.8, 4) is 0 Å². The Labute approximate surface area is 186 Å². The summed E-state index contributed by atoms with van der Waals surface area (Å²) in [6, 6.07) is 13.8. The van der Waals surface area contributed by atoms with Crippen LogP contribution in [-0.2, 0) is 9.59 Å². The fourth-order valence-electron chi connectivity index (χ4n) is 2.75. The predicted molar refractivity (Wildman–Crippen MR) is 121 cm³/mol. The molecule has 156 valence electrons. The summed E-state index contributed by atoms with van der Waals surface area (Å²) < 4.78 is 2.11. The van der Waals surface area contributed by atoms with Crippen LogP contribution in [0.15, 0.2) is 53.0 Å². The lowest BCUT2D eigenvalue weighted by molar-refractivity contribution is -0.136. The van der Waals surface area contributed by atoms with Gasteiger partial charge in [0.15, 0.2) is 0 Å². The topological polar surface area (TPSA) is 92.2 Å². The van der Waals surface area contributed by atoms with Crippen molar-refractivity contribution in [1.29, 1.82) is 0 Å². The molecule has 1 aromatic heterocycles. The number of aromatic nitrogens is 1. The van der Waals surface area contributed by atoms with E-state index in [0.29, 0.717) is 28.2 Å². The third-order valence-electron chi connectivity index (χ3n) is 4.21. The fourth-order valence-corrected chi connectivity index (χ4v) is 3.31. The summed E-state index contributed by atoms with van der Waals surface area (Å²) in [6.45, 7) is 4.21. The van der Waals surface area contributed by atoms with E-state index < -0.39 is 17.7 Å². The van der Waals surface area contributed by atoms with Gasteiger partial charge in [0, 0.05) is 16.4 Å². The number of benzene rings is 2. The molecule has 0 aliphatic carbocycles. The zero-order valence-corrected chi connectivity index (χ0v) is 18.7. The molecule has 0 saturated heterocycles. The first kappa shape index (κ1) is 21.9. The molecule has 3 aromatic rings. The van der Waals surface area contributed by atoms with Crippen LogP contribution in [0.4, 0.5) is 5.69 Å². The van der Waals surface area contributed by atoms with Crippen molar-refractivity contribution < 1.29 is 14.4 Å². The Morgan fingerprint density at radius 1 is 1.07 bits per heavy atom. The minimum Gasteiger partial charge on any atom is -0.348 e. The van der Waals surface area contributed by atoms with E-state index >= 15 is 0 Å². The lowest BCUT2D eigenvalue weighted by atomic mass is 10.2. The number of nitrogens with one attached hydrogen (secondary N) is 3. The van der Waals surface area contributed by atoms with E-state index in [1.807, 2.05) is 19.9 Å². The van der Waals surface area contributed by atoms with Crippen LogP contribution in [0.1, 0.15) is 24.3 Å². The van der Waals surface area contributed by atoms with Crippen molar-refractivity contribution in [3.05, 3.63) is 63.7 Å². The number of rotatable bonds is 5. The van der Waals surface area contributed by atoms with Crippen molar-refractivity contribution >= 4 is 61.8 Å². The van der Waals surface area contributed by atoms with Gasteiger partial charge in [0.05, 0.1) is 16.2 Å². The van der Waals surface area contributed by atoms with Gasteiger partial charge in [0.2, 0.25) is 0 Å². The number of nitrogens with zero attached hydrogens (tertiary/aromatic N) is 1. The van der Waals surface area contributed by atoms with Gasteiger partial charge < -0.3 is 10.6 Å². The number of carbonyl (C=O) groups excluding carboxylic acids is 3. The van der Waals surface area contributed by atoms with Gasteiger partial charge in [-0.1, -0.05) is 53.5 Å². The number of halogens is 2. The smallest absolute Gasteiger partial charge is 0.328 e. The summed E-state index contributed by atoms with van der Waals surface area (Å²) >= 11 is 9.53. The van der Waals surface area contributed by atoms with Crippen LogP contribution in [0, 0.1) is 5.92 Å². The van der Waals surface area contributed by atoms with Crippen LogP contribution in [0.3, 0.4) is 0 Å². The van der Waals surface area contributed by atoms with Gasteiger partial charge in [0.1, 0.15) is 5.69 Å².